The fourth-order valence-corrected chi connectivity index (χ4v) is 6.08. The van der Waals surface area contributed by atoms with Crippen molar-refractivity contribution < 1.29 is 0 Å². The van der Waals surface area contributed by atoms with Gasteiger partial charge in [-0.1, -0.05) is 71.9 Å². The Morgan fingerprint density at radius 3 is 2.37 bits per heavy atom. The van der Waals surface area contributed by atoms with E-state index >= 15 is 0 Å². The van der Waals surface area contributed by atoms with E-state index in [-0.39, 0.29) is 0 Å². The van der Waals surface area contributed by atoms with E-state index in [4.69, 9.17) is 11.6 Å². The molecule has 0 fully saturated rings. The molecule has 0 spiro atoms. The lowest BCUT2D eigenvalue weighted by molar-refractivity contribution is 1.03. The van der Waals surface area contributed by atoms with Gasteiger partial charge in [-0.05, 0) is 42.5 Å². The number of hydrogen-bond donors (Lipinski definition) is 0. The zero-order valence-corrected chi connectivity index (χ0v) is 17.4. The van der Waals surface area contributed by atoms with Crippen LogP contribution < -0.4 is 0 Å². The molecule has 1 aliphatic rings. The molecule has 4 aromatic carbocycles. The second kappa shape index (κ2) is 5.94. The molecule has 1 aliphatic heterocycles. The van der Waals surface area contributed by atoms with Crippen LogP contribution in [-0.4, -0.2) is 9.13 Å². The summed E-state index contributed by atoms with van der Waals surface area (Å²) in [5, 5.41) is 4.59. The molecule has 30 heavy (non-hydrogen) atoms. The molecule has 7 rings (SSSR count). The summed E-state index contributed by atoms with van der Waals surface area (Å²) < 4.78 is 4.79. The maximum Gasteiger partial charge on any atom is 0.131 e. The first-order chi connectivity index (χ1) is 14.8. The molecule has 0 unspecified atom stereocenters. The van der Waals surface area contributed by atoms with Crippen LogP contribution in [0.3, 0.4) is 0 Å². The highest BCUT2D eigenvalue weighted by Crippen LogP contribution is 2.49. The quantitative estimate of drug-likeness (QED) is 0.262. The molecule has 2 nitrogen and oxygen atoms in total. The number of para-hydroxylation sites is 3. The predicted octanol–water partition coefficient (Wildman–Crippen LogP) is 7.85. The third-order valence-corrected chi connectivity index (χ3v) is 7.30. The van der Waals surface area contributed by atoms with E-state index in [9.17, 15) is 0 Å². The lowest BCUT2D eigenvalue weighted by atomic mass is 10.1. The van der Waals surface area contributed by atoms with Crippen LogP contribution in [0, 0.1) is 0 Å². The van der Waals surface area contributed by atoms with Gasteiger partial charge in [0.15, 0.2) is 0 Å². The van der Waals surface area contributed by atoms with Crippen LogP contribution in [0.5, 0.6) is 0 Å². The first-order valence-electron chi connectivity index (χ1n) is 9.91. The number of benzene rings is 4. The molecular weight excluding hydrogens is 408 g/mol. The zero-order valence-electron chi connectivity index (χ0n) is 15.8. The van der Waals surface area contributed by atoms with Gasteiger partial charge in [0.25, 0.3) is 0 Å². The first kappa shape index (κ1) is 16.6. The Bertz CT molecular complexity index is 1640. The van der Waals surface area contributed by atoms with Crippen LogP contribution in [-0.2, 0) is 0 Å². The van der Waals surface area contributed by atoms with Crippen molar-refractivity contribution in [2.75, 3.05) is 0 Å². The van der Waals surface area contributed by atoms with Crippen LogP contribution in [0.1, 0.15) is 0 Å². The molecule has 0 bridgehead atoms. The lowest BCUT2D eigenvalue weighted by Gasteiger charge is -2.21. The second-order valence-corrected chi connectivity index (χ2v) is 9.11. The van der Waals surface area contributed by atoms with Crippen LogP contribution in [0.15, 0.2) is 101 Å². The maximum absolute atomic E-state index is 6.41. The SMILES string of the molecule is Clc1cccc(-n2c3ccccc3c3c4cccc5c4n(c32)-c2ccccc2S5)c1. The molecule has 0 saturated carbocycles. The average molecular weight is 423 g/mol. The highest BCUT2D eigenvalue weighted by molar-refractivity contribution is 7.99. The highest BCUT2D eigenvalue weighted by Gasteiger charge is 2.27. The number of aromatic nitrogens is 2. The van der Waals surface area contributed by atoms with Gasteiger partial charge in [0, 0.05) is 36.7 Å². The number of nitrogens with zero attached hydrogens (tertiary/aromatic N) is 2. The Balaban J connectivity index is 1.80. The van der Waals surface area contributed by atoms with Gasteiger partial charge in [-0.25, -0.2) is 0 Å². The summed E-state index contributed by atoms with van der Waals surface area (Å²) in [6, 6.07) is 32.1. The number of hydrogen-bond acceptors (Lipinski definition) is 1. The molecule has 142 valence electrons. The average Bonchev–Trinajstić information content (AvgIpc) is 3.29. The smallest absolute Gasteiger partial charge is 0.131 e. The standard InChI is InChI=1S/C26H15ClN2S/c27-16-7-5-8-17(15-16)28-20-11-2-1-9-18(20)24-19-10-6-14-23-25(19)29(26(24)28)21-12-3-4-13-22(21)30-23/h1-15H. The molecule has 3 heterocycles. The zero-order chi connectivity index (χ0) is 19.8. The van der Waals surface area contributed by atoms with Crippen molar-refractivity contribution in [3.8, 4) is 11.4 Å². The third-order valence-electron chi connectivity index (χ3n) is 5.95. The molecule has 0 aliphatic carbocycles. The summed E-state index contributed by atoms with van der Waals surface area (Å²) in [5.74, 6) is 0. The number of halogens is 1. The van der Waals surface area contributed by atoms with Crippen LogP contribution >= 0.6 is 23.4 Å². The summed E-state index contributed by atoms with van der Waals surface area (Å²) in [5.41, 5.74) is 5.97. The highest BCUT2D eigenvalue weighted by atomic mass is 35.5. The molecule has 6 aromatic rings. The minimum atomic E-state index is 0.741. The topological polar surface area (TPSA) is 9.86 Å². The number of rotatable bonds is 1. The van der Waals surface area contributed by atoms with Crippen molar-refractivity contribution >= 4 is 56.2 Å². The first-order valence-corrected chi connectivity index (χ1v) is 11.1. The summed E-state index contributed by atoms with van der Waals surface area (Å²) in [6.45, 7) is 0. The maximum atomic E-state index is 6.41. The van der Waals surface area contributed by atoms with Gasteiger partial charge in [0.2, 0.25) is 0 Å². The van der Waals surface area contributed by atoms with Gasteiger partial charge in [0.05, 0.1) is 16.7 Å². The van der Waals surface area contributed by atoms with E-state index in [1.165, 1.54) is 48.3 Å². The Kier molecular flexibility index (Phi) is 3.30. The van der Waals surface area contributed by atoms with Gasteiger partial charge in [0.1, 0.15) is 5.65 Å². The summed E-state index contributed by atoms with van der Waals surface area (Å²) >= 11 is 8.26. The van der Waals surface area contributed by atoms with Crippen LogP contribution in [0.2, 0.25) is 5.02 Å². The van der Waals surface area contributed by atoms with E-state index in [2.05, 4.69) is 81.9 Å². The Hall–Kier alpha value is -3.14. The van der Waals surface area contributed by atoms with E-state index in [1.807, 2.05) is 30.0 Å². The minimum Gasteiger partial charge on any atom is -0.295 e. The normalized spacial score (nSPS) is 12.7. The second-order valence-electron chi connectivity index (χ2n) is 7.59. The van der Waals surface area contributed by atoms with E-state index in [1.54, 1.807) is 0 Å². The van der Waals surface area contributed by atoms with Crippen LogP contribution in [0.25, 0.3) is 44.2 Å². The summed E-state index contributed by atoms with van der Waals surface area (Å²) in [6.07, 6.45) is 0. The van der Waals surface area contributed by atoms with E-state index in [0.29, 0.717) is 0 Å². The molecule has 0 saturated heterocycles. The third kappa shape index (κ3) is 2.06. The van der Waals surface area contributed by atoms with Gasteiger partial charge in [-0.3, -0.25) is 9.13 Å². The van der Waals surface area contributed by atoms with E-state index in [0.717, 1.165) is 10.7 Å². The number of fused-ring (bicyclic) bond motifs is 7. The summed E-state index contributed by atoms with van der Waals surface area (Å²) in [7, 11) is 0. The van der Waals surface area contributed by atoms with Gasteiger partial charge >= 0.3 is 0 Å². The Morgan fingerprint density at radius 1 is 0.667 bits per heavy atom. The fraction of sp³-hybridized carbons (Fsp3) is 0. The molecule has 0 amide bonds. The van der Waals surface area contributed by atoms with Gasteiger partial charge in [-0.2, -0.15) is 0 Å². The van der Waals surface area contributed by atoms with Crippen molar-refractivity contribution in [3.63, 3.8) is 0 Å². The predicted molar refractivity (Wildman–Crippen MR) is 127 cm³/mol. The molecular formula is C26H15ClN2S. The van der Waals surface area contributed by atoms with Crippen molar-refractivity contribution in [2.24, 2.45) is 0 Å². The fourth-order valence-electron chi connectivity index (χ4n) is 4.80. The molecule has 0 atom stereocenters. The lowest BCUT2D eigenvalue weighted by Crippen LogP contribution is -2.05. The Morgan fingerprint density at radius 2 is 1.43 bits per heavy atom. The monoisotopic (exact) mass is 422 g/mol. The van der Waals surface area contributed by atoms with Crippen molar-refractivity contribution in [1.29, 1.82) is 0 Å². The Labute approximate surface area is 182 Å². The minimum absolute atomic E-state index is 0.741. The van der Waals surface area contributed by atoms with Crippen molar-refractivity contribution in [1.82, 2.24) is 9.13 Å². The van der Waals surface area contributed by atoms with Crippen molar-refractivity contribution in [2.45, 2.75) is 9.79 Å². The molecule has 2 aromatic heterocycles. The molecule has 4 heteroatoms. The summed E-state index contributed by atoms with van der Waals surface area (Å²) in [4.78, 5) is 2.57. The van der Waals surface area contributed by atoms with Gasteiger partial charge < -0.3 is 0 Å². The molecule has 0 N–H and O–H groups in total. The van der Waals surface area contributed by atoms with Crippen LogP contribution in [0.4, 0.5) is 0 Å². The molecule has 0 radical (unpaired) electrons. The largest absolute Gasteiger partial charge is 0.295 e. The van der Waals surface area contributed by atoms with Gasteiger partial charge in [-0.15, -0.1) is 0 Å². The van der Waals surface area contributed by atoms with Crippen molar-refractivity contribution in [3.05, 3.63) is 96.0 Å². The van der Waals surface area contributed by atoms with E-state index < -0.39 is 0 Å².